The van der Waals surface area contributed by atoms with E-state index in [1.165, 1.54) is 6.92 Å². The van der Waals surface area contributed by atoms with Crippen LogP contribution in [0.2, 0.25) is 0 Å². The molecule has 72 valence electrons. The van der Waals surface area contributed by atoms with Crippen molar-refractivity contribution in [2.24, 2.45) is 0 Å². The van der Waals surface area contributed by atoms with E-state index in [2.05, 4.69) is 17.1 Å². The van der Waals surface area contributed by atoms with Gasteiger partial charge in [-0.15, -0.1) is 10.2 Å². The van der Waals surface area contributed by atoms with Gasteiger partial charge >= 0.3 is 0 Å². The van der Waals surface area contributed by atoms with Crippen LogP contribution in [0, 0.1) is 0 Å². The average molecular weight is 199 g/mol. The van der Waals surface area contributed by atoms with Gasteiger partial charge in [-0.05, 0) is 18.2 Å². The van der Waals surface area contributed by atoms with Gasteiger partial charge in [0.1, 0.15) is 6.33 Å². The van der Waals surface area contributed by atoms with E-state index in [4.69, 9.17) is 0 Å². The Bertz CT molecular complexity index is 285. The Morgan fingerprint density at radius 1 is 1.69 bits per heavy atom. The van der Waals surface area contributed by atoms with Crippen molar-refractivity contribution in [1.82, 2.24) is 14.8 Å². The molecule has 0 spiro atoms. The maximum atomic E-state index is 10.8. The summed E-state index contributed by atoms with van der Waals surface area (Å²) in [6.45, 7) is 4.55. The third kappa shape index (κ3) is 3.18. The number of nitrogens with zero attached hydrogens (tertiary/aromatic N) is 3. The Morgan fingerprint density at radius 3 is 3.08 bits per heavy atom. The van der Waals surface area contributed by atoms with E-state index in [0.29, 0.717) is 5.16 Å². The van der Waals surface area contributed by atoms with Gasteiger partial charge in [-0.1, -0.05) is 13.3 Å². The van der Waals surface area contributed by atoms with Gasteiger partial charge in [-0.25, -0.2) is 0 Å². The molecule has 0 fully saturated rings. The molecule has 0 aliphatic heterocycles. The zero-order valence-corrected chi connectivity index (χ0v) is 8.67. The SMILES string of the molecule is CCCCn1cnnc1SC(C)=O. The molecular weight excluding hydrogens is 186 g/mol. The molecule has 0 aromatic carbocycles. The zero-order chi connectivity index (χ0) is 9.68. The molecule has 0 atom stereocenters. The number of thioether (sulfide) groups is 1. The van der Waals surface area contributed by atoms with E-state index < -0.39 is 0 Å². The summed E-state index contributed by atoms with van der Waals surface area (Å²) >= 11 is 1.13. The topological polar surface area (TPSA) is 47.8 Å². The van der Waals surface area contributed by atoms with Crippen LogP contribution in [-0.2, 0) is 11.3 Å². The molecule has 0 radical (unpaired) electrons. The second-order valence-corrected chi connectivity index (χ2v) is 3.90. The van der Waals surface area contributed by atoms with Crippen LogP contribution in [0.5, 0.6) is 0 Å². The molecule has 0 aliphatic carbocycles. The van der Waals surface area contributed by atoms with Crippen molar-refractivity contribution in [3.8, 4) is 0 Å². The molecule has 0 saturated heterocycles. The van der Waals surface area contributed by atoms with Crippen molar-refractivity contribution in [3.63, 3.8) is 0 Å². The Balaban J connectivity index is 2.60. The largest absolute Gasteiger partial charge is 0.308 e. The summed E-state index contributed by atoms with van der Waals surface area (Å²) in [6, 6.07) is 0. The lowest BCUT2D eigenvalue weighted by Gasteiger charge is -2.02. The standard InChI is InChI=1S/C8H13N3OS/c1-3-4-5-11-6-9-10-8(11)13-7(2)12/h6H,3-5H2,1-2H3. The van der Waals surface area contributed by atoms with Crippen LogP contribution in [0.1, 0.15) is 26.7 Å². The van der Waals surface area contributed by atoms with E-state index in [9.17, 15) is 4.79 Å². The highest BCUT2D eigenvalue weighted by Crippen LogP contribution is 2.15. The van der Waals surface area contributed by atoms with Crippen molar-refractivity contribution in [3.05, 3.63) is 6.33 Å². The van der Waals surface area contributed by atoms with Gasteiger partial charge < -0.3 is 4.57 Å². The van der Waals surface area contributed by atoms with Crippen LogP contribution in [0.3, 0.4) is 0 Å². The average Bonchev–Trinajstić information content (AvgIpc) is 2.48. The quantitative estimate of drug-likeness (QED) is 0.693. The smallest absolute Gasteiger partial charge is 0.198 e. The zero-order valence-electron chi connectivity index (χ0n) is 7.86. The van der Waals surface area contributed by atoms with Gasteiger partial charge in [0, 0.05) is 13.5 Å². The molecule has 4 nitrogen and oxygen atoms in total. The monoisotopic (exact) mass is 199 g/mol. The molecule has 1 rings (SSSR count). The van der Waals surface area contributed by atoms with Crippen LogP contribution in [0.25, 0.3) is 0 Å². The molecule has 1 aromatic rings. The second kappa shape index (κ2) is 5.01. The van der Waals surface area contributed by atoms with E-state index in [1.54, 1.807) is 6.33 Å². The summed E-state index contributed by atoms with van der Waals surface area (Å²) in [5.41, 5.74) is 0. The maximum Gasteiger partial charge on any atom is 0.198 e. The number of hydrogen-bond donors (Lipinski definition) is 0. The normalized spacial score (nSPS) is 10.3. The molecule has 0 saturated carbocycles. The highest BCUT2D eigenvalue weighted by molar-refractivity contribution is 8.13. The molecule has 0 amide bonds. The number of unbranched alkanes of at least 4 members (excludes halogenated alkanes) is 1. The van der Waals surface area contributed by atoms with Gasteiger partial charge in [-0.3, -0.25) is 4.79 Å². The molecule has 0 N–H and O–H groups in total. The summed E-state index contributed by atoms with van der Waals surface area (Å²) in [5, 5.41) is 8.37. The fourth-order valence-electron chi connectivity index (χ4n) is 0.934. The fourth-order valence-corrected chi connectivity index (χ4v) is 1.53. The number of carbonyl (C=O) groups excluding carboxylic acids is 1. The minimum absolute atomic E-state index is 0.0470. The first-order valence-electron chi connectivity index (χ1n) is 4.30. The number of aryl methyl sites for hydroxylation is 1. The van der Waals surface area contributed by atoms with Crippen molar-refractivity contribution in [1.29, 1.82) is 0 Å². The number of rotatable bonds is 4. The second-order valence-electron chi connectivity index (χ2n) is 2.75. The lowest BCUT2D eigenvalue weighted by Crippen LogP contribution is -1.99. The predicted molar refractivity (Wildman–Crippen MR) is 51.5 cm³/mol. The molecular formula is C8H13N3OS. The van der Waals surface area contributed by atoms with Gasteiger partial charge in [-0.2, -0.15) is 0 Å². The van der Waals surface area contributed by atoms with Crippen molar-refractivity contribution in [2.75, 3.05) is 0 Å². The summed E-state index contributed by atoms with van der Waals surface area (Å²) in [4.78, 5) is 10.8. The van der Waals surface area contributed by atoms with Crippen molar-refractivity contribution < 1.29 is 4.79 Å². The van der Waals surface area contributed by atoms with Crippen molar-refractivity contribution >= 4 is 16.9 Å². The number of aromatic nitrogens is 3. The van der Waals surface area contributed by atoms with Crippen LogP contribution in [-0.4, -0.2) is 19.9 Å². The number of carbonyl (C=O) groups is 1. The lowest BCUT2D eigenvalue weighted by atomic mass is 10.3. The van der Waals surface area contributed by atoms with E-state index in [0.717, 1.165) is 31.1 Å². The molecule has 1 heterocycles. The predicted octanol–water partition coefficient (Wildman–Crippen LogP) is 1.72. The summed E-state index contributed by atoms with van der Waals surface area (Å²) in [6.07, 6.45) is 3.88. The molecule has 0 aliphatic rings. The molecule has 1 aromatic heterocycles. The Kier molecular flexibility index (Phi) is 3.95. The molecule has 0 unspecified atom stereocenters. The fraction of sp³-hybridized carbons (Fsp3) is 0.625. The Hall–Kier alpha value is -0.840. The van der Waals surface area contributed by atoms with Gasteiger partial charge in [0.05, 0.1) is 0 Å². The Morgan fingerprint density at radius 2 is 2.46 bits per heavy atom. The molecule has 13 heavy (non-hydrogen) atoms. The van der Waals surface area contributed by atoms with Crippen LogP contribution in [0.4, 0.5) is 0 Å². The lowest BCUT2D eigenvalue weighted by molar-refractivity contribution is -0.109. The first-order valence-corrected chi connectivity index (χ1v) is 5.12. The molecule has 5 heteroatoms. The highest BCUT2D eigenvalue weighted by Gasteiger charge is 2.06. The van der Waals surface area contributed by atoms with Crippen LogP contribution >= 0.6 is 11.8 Å². The van der Waals surface area contributed by atoms with Crippen LogP contribution < -0.4 is 0 Å². The summed E-state index contributed by atoms with van der Waals surface area (Å²) in [7, 11) is 0. The third-order valence-electron chi connectivity index (χ3n) is 1.57. The highest BCUT2D eigenvalue weighted by atomic mass is 32.2. The molecule has 0 bridgehead atoms. The van der Waals surface area contributed by atoms with Gasteiger partial charge in [0.25, 0.3) is 0 Å². The van der Waals surface area contributed by atoms with Crippen LogP contribution in [0.15, 0.2) is 11.5 Å². The van der Waals surface area contributed by atoms with E-state index in [-0.39, 0.29) is 5.12 Å². The van der Waals surface area contributed by atoms with Gasteiger partial charge in [0.15, 0.2) is 10.3 Å². The summed E-state index contributed by atoms with van der Waals surface area (Å²) in [5.74, 6) is 0. The minimum Gasteiger partial charge on any atom is -0.308 e. The number of hydrogen-bond acceptors (Lipinski definition) is 4. The minimum atomic E-state index is 0.0470. The van der Waals surface area contributed by atoms with E-state index >= 15 is 0 Å². The first kappa shape index (κ1) is 10.2. The Labute approximate surface area is 81.7 Å². The van der Waals surface area contributed by atoms with Gasteiger partial charge in [0.2, 0.25) is 0 Å². The van der Waals surface area contributed by atoms with Crippen molar-refractivity contribution in [2.45, 2.75) is 38.4 Å². The third-order valence-corrected chi connectivity index (χ3v) is 2.35. The summed E-state index contributed by atoms with van der Waals surface area (Å²) < 4.78 is 1.91. The first-order chi connectivity index (χ1) is 6.24. The van der Waals surface area contributed by atoms with E-state index in [1.807, 2.05) is 4.57 Å². The maximum absolute atomic E-state index is 10.8.